The van der Waals surface area contributed by atoms with Gasteiger partial charge in [-0.1, -0.05) is 20.8 Å². The van der Waals surface area contributed by atoms with Crippen molar-refractivity contribution in [2.24, 2.45) is 0 Å². The lowest BCUT2D eigenvalue weighted by Gasteiger charge is -2.60. The van der Waals surface area contributed by atoms with E-state index in [1.807, 2.05) is 0 Å². The van der Waals surface area contributed by atoms with Gasteiger partial charge in [0.25, 0.3) is 6.48 Å². The van der Waals surface area contributed by atoms with E-state index in [-0.39, 0.29) is 16.9 Å². The molecule has 5 fully saturated rings. The van der Waals surface area contributed by atoms with Gasteiger partial charge in [0.15, 0.2) is 26.3 Å². The molecule has 6 nitrogen and oxygen atoms in total. The fourth-order valence-corrected chi connectivity index (χ4v) is 5.14. The molecule has 5 aliphatic rings. The van der Waals surface area contributed by atoms with E-state index in [4.69, 9.17) is 23.4 Å². The molecule has 4 bridgehead atoms. The lowest BCUT2D eigenvalue weighted by Crippen LogP contribution is -2.80. The molecule has 23 heavy (non-hydrogen) atoms. The number of carbonyl (C=O) groups is 1. The molecule has 1 spiro atoms. The van der Waals surface area contributed by atoms with Crippen LogP contribution in [-0.2, 0) is 28.2 Å². The molecule has 6 atom stereocenters. The third kappa shape index (κ3) is 2.14. The van der Waals surface area contributed by atoms with Crippen LogP contribution in [0.3, 0.4) is 0 Å². The first kappa shape index (κ1) is 16.2. The molecule has 0 aromatic heterocycles. The summed E-state index contributed by atoms with van der Waals surface area (Å²) >= 11 is 0. The highest BCUT2D eigenvalue weighted by atomic mass is 28.4. The van der Waals surface area contributed by atoms with Gasteiger partial charge in [0.05, 0.1) is 0 Å². The number of rotatable bonds is 2. The predicted octanol–water partition coefficient (Wildman–Crippen LogP) is 1.98. The molecule has 5 rings (SSSR count). The molecular weight excluding hydrogens is 316 g/mol. The molecule has 0 N–H and O–H groups in total. The molecular formula is C16H26O6Si. The molecule has 4 heterocycles. The molecule has 0 aromatic carbocycles. The van der Waals surface area contributed by atoms with Gasteiger partial charge in [-0.3, -0.25) is 4.79 Å². The van der Waals surface area contributed by atoms with Crippen molar-refractivity contribution in [2.75, 3.05) is 6.61 Å². The maximum absolute atomic E-state index is 12.8. The standard InChI is InChI=1S/C16H26O6Si/c1-15(2,3)23(4,5)22-11-10-9(17)12-16(7-6-8-18-16)13(11)21-14(19-10)20-12/h10-14H,6-8H2,1-5H3/t10-,11+,12-,13-,14-,16-/m0/s1. The summed E-state index contributed by atoms with van der Waals surface area (Å²) in [5.74, 6) is -0.0496. The van der Waals surface area contributed by atoms with Crippen LogP contribution in [0, 0.1) is 0 Å². The average Bonchev–Trinajstić information content (AvgIpc) is 2.92. The minimum Gasteiger partial charge on any atom is -0.408 e. The first-order chi connectivity index (χ1) is 10.7. The van der Waals surface area contributed by atoms with Crippen LogP contribution in [0.25, 0.3) is 0 Å². The molecule has 0 aromatic rings. The van der Waals surface area contributed by atoms with E-state index in [9.17, 15) is 4.79 Å². The van der Waals surface area contributed by atoms with Crippen molar-refractivity contribution in [1.29, 1.82) is 0 Å². The quantitative estimate of drug-likeness (QED) is 0.715. The normalized spacial score (nSPS) is 46.1. The monoisotopic (exact) mass is 342 g/mol. The molecule has 1 saturated carbocycles. The van der Waals surface area contributed by atoms with Crippen LogP contribution in [-0.4, -0.2) is 57.2 Å². The van der Waals surface area contributed by atoms with Gasteiger partial charge in [-0.25, -0.2) is 0 Å². The molecule has 1 aliphatic carbocycles. The van der Waals surface area contributed by atoms with Crippen molar-refractivity contribution >= 4 is 14.1 Å². The maximum atomic E-state index is 12.8. The lowest BCUT2D eigenvalue weighted by molar-refractivity contribution is -0.456. The van der Waals surface area contributed by atoms with Gasteiger partial charge in [-0.2, -0.15) is 0 Å². The van der Waals surface area contributed by atoms with Crippen LogP contribution in [0.5, 0.6) is 0 Å². The molecule has 4 aliphatic heterocycles. The summed E-state index contributed by atoms with van der Waals surface area (Å²) in [5, 5.41) is 0.0465. The van der Waals surface area contributed by atoms with Gasteiger partial charge in [0.1, 0.15) is 17.8 Å². The van der Waals surface area contributed by atoms with Crippen LogP contribution < -0.4 is 0 Å². The van der Waals surface area contributed by atoms with E-state index in [0.717, 1.165) is 12.8 Å². The van der Waals surface area contributed by atoms with Crippen LogP contribution in [0.15, 0.2) is 0 Å². The topological polar surface area (TPSA) is 63.2 Å². The second kappa shape index (κ2) is 4.86. The maximum Gasteiger partial charge on any atom is 0.273 e. The summed E-state index contributed by atoms with van der Waals surface area (Å²) in [6.45, 7) is 10.8. The van der Waals surface area contributed by atoms with Crippen molar-refractivity contribution < 1.29 is 28.2 Å². The number of Topliss-reactive ketones (excluding diaryl/α,β-unsaturated/α-hetero) is 1. The Kier molecular flexibility index (Phi) is 3.42. The van der Waals surface area contributed by atoms with E-state index < -0.39 is 38.7 Å². The zero-order valence-corrected chi connectivity index (χ0v) is 15.5. The third-order valence-electron chi connectivity index (χ3n) is 6.14. The summed E-state index contributed by atoms with van der Waals surface area (Å²) in [4.78, 5) is 12.8. The van der Waals surface area contributed by atoms with Gasteiger partial charge in [0.2, 0.25) is 0 Å². The van der Waals surface area contributed by atoms with Gasteiger partial charge in [-0.15, -0.1) is 0 Å². The smallest absolute Gasteiger partial charge is 0.273 e. The highest BCUT2D eigenvalue weighted by Crippen LogP contribution is 2.51. The molecule has 4 saturated heterocycles. The average molecular weight is 342 g/mol. The molecule has 130 valence electrons. The Hall–Kier alpha value is -0.313. The van der Waals surface area contributed by atoms with Crippen LogP contribution in [0.2, 0.25) is 18.1 Å². The highest BCUT2D eigenvalue weighted by Gasteiger charge is 2.71. The van der Waals surface area contributed by atoms with Gasteiger partial charge in [0, 0.05) is 6.61 Å². The van der Waals surface area contributed by atoms with Crippen molar-refractivity contribution in [2.45, 2.75) is 88.2 Å². The summed E-state index contributed by atoms with van der Waals surface area (Å²) in [7, 11) is -2.07. The van der Waals surface area contributed by atoms with Gasteiger partial charge in [-0.05, 0) is 31.0 Å². The summed E-state index contributed by atoms with van der Waals surface area (Å²) in [5.41, 5.74) is -0.694. The Morgan fingerprint density at radius 3 is 2.57 bits per heavy atom. The number of hydrogen-bond acceptors (Lipinski definition) is 6. The van der Waals surface area contributed by atoms with E-state index in [2.05, 4.69) is 33.9 Å². The van der Waals surface area contributed by atoms with Crippen molar-refractivity contribution in [1.82, 2.24) is 0 Å². The number of ketones is 1. The van der Waals surface area contributed by atoms with E-state index in [0.29, 0.717) is 6.61 Å². The van der Waals surface area contributed by atoms with E-state index in [1.54, 1.807) is 0 Å². The zero-order valence-electron chi connectivity index (χ0n) is 14.5. The predicted molar refractivity (Wildman–Crippen MR) is 83.4 cm³/mol. The van der Waals surface area contributed by atoms with Crippen molar-refractivity contribution in [3.05, 3.63) is 0 Å². The van der Waals surface area contributed by atoms with Crippen LogP contribution in [0.1, 0.15) is 33.6 Å². The van der Waals surface area contributed by atoms with Crippen LogP contribution >= 0.6 is 0 Å². The SMILES string of the molecule is CC(C)(C)[Si](C)(C)O[C@@H]1[C@H]2O[C@H]3O[C@@H](C2=O)[C@@]2(CCCO2)[C@H]1O3. The Bertz CT molecular complexity index is 521. The molecule has 7 heteroatoms. The summed E-state index contributed by atoms with van der Waals surface area (Å²) in [6, 6.07) is 0. The Labute approximate surface area is 137 Å². The van der Waals surface area contributed by atoms with Crippen LogP contribution in [0.4, 0.5) is 0 Å². The Morgan fingerprint density at radius 1 is 1.22 bits per heavy atom. The first-order valence-electron chi connectivity index (χ1n) is 8.48. The van der Waals surface area contributed by atoms with Crippen molar-refractivity contribution in [3.63, 3.8) is 0 Å². The summed E-state index contributed by atoms with van der Waals surface area (Å²) in [6.07, 6.45) is -0.189. The lowest BCUT2D eigenvalue weighted by atomic mass is 9.72. The zero-order chi connectivity index (χ0) is 16.6. The number of hydrogen-bond donors (Lipinski definition) is 0. The largest absolute Gasteiger partial charge is 0.408 e. The van der Waals surface area contributed by atoms with Gasteiger partial charge < -0.3 is 23.4 Å². The fourth-order valence-electron chi connectivity index (χ4n) is 3.86. The second-order valence-electron chi connectivity index (χ2n) is 8.57. The van der Waals surface area contributed by atoms with Crippen molar-refractivity contribution in [3.8, 4) is 0 Å². The first-order valence-corrected chi connectivity index (χ1v) is 11.4. The molecule has 0 radical (unpaired) electrons. The third-order valence-corrected chi connectivity index (χ3v) is 10.6. The molecule has 0 unspecified atom stereocenters. The highest BCUT2D eigenvalue weighted by molar-refractivity contribution is 6.74. The van der Waals surface area contributed by atoms with E-state index >= 15 is 0 Å². The van der Waals surface area contributed by atoms with Gasteiger partial charge >= 0.3 is 0 Å². The van der Waals surface area contributed by atoms with E-state index in [1.165, 1.54) is 0 Å². The second-order valence-corrected chi connectivity index (χ2v) is 13.3. The number of carbonyl (C=O) groups excluding carboxylic acids is 1. The number of ether oxygens (including phenoxy) is 4. The Morgan fingerprint density at radius 2 is 1.96 bits per heavy atom. The fraction of sp³-hybridized carbons (Fsp3) is 0.938. The minimum atomic E-state index is -2.07. The summed E-state index contributed by atoms with van der Waals surface area (Å²) < 4.78 is 29.9. The minimum absolute atomic E-state index is 0.0465. The molecule has 0 amide bonds. The Balaban J connectivity index is 1.69.